The molecule has 3 N–H and O–H groups in total. The summed E-state index contributed by atoms with van der Waals surface area (Å²) in [6.45, 7) is 0.340. The fourth-order valence-electron chi connectivity index (χ4n) is 1.96. The topological polar surface area (TPSA) is 96.6 Å². The predicted octanol–water partition coefficient (Wildman–Crippen LogP) is -0.774. The molecular weight excluding hydrogens is 270 g/mol. The number of hydrogen-bond donors (Lipinski definition) is 4. The van der Waals surface area contributed by atoms with Crippen LogP contribution in [-0.2, 0) is 4.74 Å². The van der Waals surface area contributed by atoms with E-state index in [0.29, 0.717) is 18.1 Å². The summed E-state index contributed by atoms with van der Waals surface area (Å²) in [5, 5.41) is 21.6. The van der Waals surface area contributed by atoms with Crippen molar-refractivity contribution in [3.05, 3.63) is 22.7 Å². The first-order chi connectivity index (χ1) is 9.15. The predicted molar refractivity (Wildman–Crippen MR) is 72.5 cm³/mol. The number of aromatic nitrogens is 2. The molecule has 19 heavy (non-hydrogen) atoms. The van der Waals surface area contributed by atoms with Gasteiger partial charge >= 0.3 is 5.69 Å². The third kappa shape index (κ3) is 3.27. The second-order valence-corrected chi connectivity index (χ2v) is 4.72. The molecule has 2 heterocycles. The van der Waals surface area contributed by atoms with Gasteiger partial charge in [0.1, 0.15) is 18.1 Å². The average molecular weight is 287 g/mol. The van der Waals surface area contributed by atoms with Gasteiger partial charge < -0.3 is 20.3 Å². The van der Waals surface area contributed by atoms with Crippen LogP contribution in [0.1, 0.15) is 12.6 Å². The number of aliphatic hydroxyl groups is 2. The number of nitrogens with one attached hydrogen (secondary N) is 1. The maximum absolute atomic E-state index is 11.9. The Balaban J connectivity index is 2.11. The maximum Gasteiger partial charge on any atom is 0.351 e. The Kier molecular flexibility index (Phi) is 4.81. The molecule has 2 rings (SSSR count). The first-order valence-electron chi connectivity index (χ1n) is 6.04. The number of thiol groups is 1. The molecule has 0 spiro atoms. The van der Waals surface area contributed by atoms with E-state index in [0.717, 1.165) is 0 Å². The van der Waals surface area contributed by atoms with Crippen molar-refractivity contribution in [2.75, 3.05) is 24.2 Å². The average Bonchev–Trinajstić information content (AvgIpc) is 2.77. The Hall–Kier alpha value is -1.09. The van der Waals surface area contributed by atoms with Gasteiger partial charge in [0.05, 0.1) is 12.7 Å². The van der Waals surface area contributed by atoms with Crippen molar-refractivity contribution in [3.8, 4) is 0 Å². The highest BCUT2D eigenvalue weighted by Crippen LogP contribution is 2.27. The number of hydrogen-bond acceptors (Lipinski definition) is 7. The van der Waals surface area contributed by atoms with Gasteiger partial charge in [0.25, 0.3) is 0 Å². The molecule has 8 heteroatoms. The van der Waals surface area contributed by atoms with Crippen LogP contribution in [0.3, 0.4) is 0 Å². The van der Waals surface area contributed by atoms with Crippen molar-refractivity contribution >= 4 is 18.4 Å². The first-order valence-corrected chi connectivity index (χ1v) is 6.67. The number of rotatable bonds is 5. The first kappa shape index (κ1) is 14.3. The molecule has 0 amide bonds. The molecule has 1 saturated heterocycles. The zero-order valence-electron chi connectivity index (χ0n) is 10.3. The standard InChI is InChI=1S/C11H17N3O4S/c15-6-8-7(16)5-10(18-8)14-3-1-9(12-2-4-19)13-11(14)17/h1,3,7-8,10,15-16,19H,2,4-6H2,(H,12,13,17)/t7-,8+,10+/m0/s1. The fourth-order valence-corrected chi connectivity index (χ4v) is 2.08. The van der Waals surface area contributed by atoms with Gasteiger partial charge in [0, 0.05) is 24.9 Å². The highest BCUT2D eigenvalue weighted by Gasteiger charge is 2.34. The number of ether oxygens (including phenoxy) is 1. The maximum atomic E-state index is 11.9. The van der Waals surface area contributed by atoms with Crippen LogP contribution in [0, 0.1) is 0 Å². The molecule has 1 aromatic rings. The lowest BCUT2D eigenvalue weighted by molar-refractivity contribution is -0.0458. The Morgan fingerprint density at radius 1 is 1.63 bits per heavy atom. The van der Waals surface area contributed by atoms with Crippen LogP contribution < -0.4 is 11.0 Å². The van der Waals surface area contributed by atoms with Crippen LogP contribution in [0.15, 0.2) is 17.1 Å². The lowest BCUT2D eigenvalue weighted by atomic mass is 10.2. The monoisotopic (exact) mass is 287 g/mol. The molecular formula is C11H17N3O4S. The molecule has 0 aliphatic carbocycles. The largest absolute Gasteiger partial charge is 0.394 e. The fraction of sp³-hybridized carbons (Fsp3) is 0.636. The Morgan fingerprint density at radius 3 is 3.00 bits per heavy atom. The molecule has 1 fully saturated rings. The van der Waals surface area contributed by atoms with E-state index in [9.17, 15) is 9.90 Å². The highest BCUT2D eigenvalue weighted by molar-refractivity contribution is 7.80. The molecule has 1 aromatic heterocycles. The minimum Gasteiger partial charge on any atom is -0.394 e. The van der Waals surface area contributed by atoms with E-state index in [1.807, 2.05) is 0 Å². The minimum atomic E-state index is -0.774. The van der Waals surface area contributed by atoms with Gasteiger partial charge in [0.2, 0.25) is 0 Å². The van der Waals surface area contributed by atoms with E-state index < -0.39 is 24.1 Å². The second kappa shape index (κ2) is 6.38. The Morgan fingerprint density at radius 2 is 2.42 bits per heavy atom. The van der Waals surface area contributed by atoms with Gasteiger partial charge in [-0.05, 0) is 6.07 Å². The van der Waals surface area contributed by atoms with Crippen LogP contribution >= 0.6 is 12.6 Å². The van der Waals surface area contributed by atoms with Gasteiger partial charge in [-0.2, -0.15) is 17.6 Å². The van der Waals surface area contributed by atoms with Gasteiger partial charge in [0.15, 0.2) is 0 Å². The Labute approximate surface area is 115 Å². The summed E-state index contributed by atoms with van der Waals surface area (Å²) >= 11 is 4.05. The summed E-state index contributed by atoms with van der Waals surface area (Å²) in [5.74, 6) is 1.12. The van der Waals surface area contributed by atoms with Crippen LogP contribution in [0.2, 0.25) is 0 Å². The molecule has 7 nitrogen and oxygen atoms in total. The van der Waals surface area contributed by atoms with Crippen LogP contribution in [0.5, 0.6) is 0 Å². The number of anilines is 1. The molecule has 1 aliphatic rings. The van der Waals surface area contributed by atoms with Gasteiger partial charge in [-0.25, -0.2) is 4.79 Å². The summed E-state index contributed by atoms with van der Waals surface area (Å²) in [6, 6.07) is 1.66. The van der Waals surface area contributed by atoms with E-state index >= 15 is 0 Å². The van der Waals surface area contributed by atoms with Crippen molar-refractivity contribution in [1.29, 1.82) is 0 Å². The van der Waals surface area contributed by atoms with Crippen LogP contribution in [0.25, 0.3) is 0 Å². The Bertz CT molecular complexity index is 481. The molecule has 0 saturated carbocycles. The van der Waals surface area contributed by atoms with Crippen molar-refractivity contribution in [3.63, 3.8) is 0 Å². The molecule has 0 unspecified atom stereocenters. The van der Waals surface area contributed by atoms with Gasteiger partial charge in [-0.1, -0.05) is 0 Å². The molecule has 3 atom stereocenters. The lowest BCUT2D eigenvalue weighted by Gasteiger charge is -2.14. The summed E-state index contributed by atoms with van der Waals surface area (Å²) in [6.07, 6.45) is -0.197. The van der Waals surface area contributed by atoms with Gasteiger partial charge in [-0.15, -0.1) is 0 Å². The SMILES string of the molecule is O=c1nc(NCCS)ccn1[C@H]1C[C@H](O)[C@@H](CO)O1. The quantitative estimate of drug-likeness (QED) is 0.531. The van der Waals surface area contributed by atoms with E-state index in [1.54, 1.807) is 12.3 Å². The minimum absolute atomic E-state index is 0.260. The van der Waals surface area contributed by atoms with Crippen LogP contribution in [-0.4, -0.2) is 50.9 Å². The van der Waals surface area contributed by atoms with Crippen molar-refractivity contribution < 1.29 is 14.9 Å². The van der Waals surface area contributed by atoms with E-state index in [2.05, 4.69) is 22.9 Å². The van der Waals surface area contributed by atoms with Crippen molar-refractivity contribution in [2.45, 2.75) is 24.9 Å². The summed E-state index contributed by atoms with van der Waals surface area (Å²) in [7, 11) is 0. The summed E-state index contributed by atoms with van der Waals surface area (Å²) < 4.78 is 6.71. The van der Waals surface area contributed by atoms with Gasteiger partial charge in [-0.3, -0.25) is 4.57 Å². The zero-order valence-corrected chi connectivity index (χ0v) is 11.2. The van der Waals surface area contributed by atoms with Crippen molar-refractivity contribution in [2.24, 2.45) is 0 Å². The highest BCUT2D eigenvalue weighted by atomic mass is 32.1. The third-order valence-electron chi connectivity index (χ3n) is 2.94. The molecule has 0 bridgehead atoms. The van der Waals surface area contributed by atoms with E-state index in [-0.39, 0.29) is 13.0 Å². The molecule has 0 aromatic carbocycles. The number of nitrogens with zero attached hydrogens (tertiary/aromatic N) is 2. The summed E-state index contributed by atoms with van der Waals surface area (Å²) in [5.41, 5.74) is -0.458. The normalized spacial score (nSPS) is 26.6. The number of aliphatic hydroxyl groups excluding tert-OH is 2. The third-order valence-corrected chi connectivity index (χ3v) is 3.17. The molecule has 106 valence electrons. The molecule has 1 aliphatic heterocycles. The second-order valence-electron chi connectivity index (χ2n) is 4.27. The smallest absolute Gasteiger partial charge is 0.351 e. The van der Waals surface area contributed by atoms with E-state index in [1.165, 1.54) is 4.57 Å². The van der Waals surface area contributed by atoms with Crippen LogP contribution in [0.4, 0.5) is 5.82 Å². The lowest BCUT2D eigenvalue weighted by Crippen LogP contribution is -2.28. The van der Waals surface area contributed by atoms with Crippen molar-refractivity contribution in [1.82, 2.24) is 9.55 Å². The summed E-state index contributed by atoms with van der Waals surface area (Å²) in [4.78, 5) is 15.7. The zero-order chi connectivity index (χ0) is 13.8. The van der Waals surface area contributed by atoms with E-state index in [4.69, 9.17) is 9.84 Å². The molecule has 0 radical (unpaired) electrons.